The molecule has 162 valence electrons. The minimum atomic E-state index is -0.134. The molecule has 2 heterocycles. The van der Waals surface area contributed by atoms with Gasteiger partial charge in [0.1, 0.15) is 5.82 Å². The second-order valence-corrected chi connectivity index (χ2v) is 8.06. The van der Waals surface area contributed by atoms with Crippen LogP contribution in [0.3, 0.4) is 0 Å². The number of benzene rings is 1. The van der Waals surface area contributed by atoms with Crippen LogP contribution in [0.15, 0.2) is 36.7 Å². The molecule has 1 aromatic heterocycles. The normalized spacial score (nSPS) is 15.3. The molecule has 0 spiro atoms. The van der Waals surface area contributed by atoms with E-state index in [9.17, 15) is 9.59 Å². The molecular weight excluding hydrogens is 380 g/mol. The van der Waals surface area contributed by atoms with Gasteiger partial charge in [-0.05, 0) is 18.2 Å². The third kappa shape index (κ3) is 6.40. The van der Waals surface area contributed by atoms with E-state index in [2.05, 4.69) is 50.0 Å². The van der Waals surface area contributed by atoms with Gasteiger partial charge in [0.2, 0.25) is 11.8 Å². The Morgan fingerprint density at radius 3 is 2.37 bits per heavy atom. The maximum Gasteiger partial charge on any atom is 0.238 e. The fourth-order valence-corrected chi connectivity index (χ4v) is 3.71. The Bertz CT molecular complexity index is 855. The minimum Gasteiger partial charge on any atom is -0.333 e. The highest BCUT2D eigenvalue weighted by molar-refractivity contribution is 5.94. The van der Waals surface area contributed by atoms with Gasteiger partial charge in [-0.2, -0.15) is 0 Å². The van der Waals surface area contributed by atoms with Crippen LogP contribution in [-0.2, 0) is 16.1 Å². The van der Waals surface area contributed by atoms with Crippen molar-refractivity contribution in [1.29, 1.82) is 0 Å². The first-order chi connectivity index (χ1) is 14.4. The van der Waals surface area contributed by atoms with Crippen molar-refractivity contribution in [3.63, 3.8) is 0 Å². The number of hydrogen-bond donors (Lipinski definition) is 2. The maximum atomic E-state index is 12.4. The molecule has 30 heavy (non-hydrogen) atoms. The molecule has 2 aromatic rings. The molecule has 0 atom stereocenters. The number of hydrogen-bond acceptors (Lipinski definition) is 5. The van der Waals surface area contributed by atoms with Gasteiger partial charge in [-0.15, -0.1) is 0 Å². The van der Waals surface area contributed by atoms with E-state index in [1.54, 1.807) is 12.1 Å². The van der Waals surface area contributed by atoms with Crippen molar-refractivity contribution in [3.8, 4) is 0 Å². The van der Waals surface area contributed by atoms with Gasteiger partial charge in [-0.1, -0.05) is 19.9 Å². The number of rotatable bonds is 8. The summed E-state index contributed by atoms with van der Waals surface area (Å²) >= 11 is 0. The summed E-state index contributed by atoms with van der Waals surface area (Å²) in [5.74, 6) is 1.38. The van der Waals surface area contributed by atoms with Gasteiger partial charge in [-0.25, -0.2) is 4.98 Å². The van der Waals surface area contributed by atoms with Gasteiger partial charge in [-0.3, -0.25) is 19.4 Å². The lowest BCUT2D eigenvalue weighted by Crippen LogP contribution is -2.49. The molecule has 1 aliphatic rings. The number of carbonyl (C=O) groups excluding carboxylic acids is 2. The summed E-state index contributed by atoms with van der Waals surface area (Å²) in [6, 6.07) is 7.19. The van der Waals surface area contributed by atoms with Crippen LogP contribution in [0.1, 0.15) is 32.5 Å². The second-order valence-electron chi connectivity index (χ2n) is 8.06. The third-order valence-corrected chi connectivity index (χ3v) is 5.22. The van der Waals surface area contributed by atoms with Crippen molar-refractivity contribution in [3.05, 3.63) is 42.5 Å². The third-order valence-electron chi connectivity index (χ3n) is 5.22. The molecule has 1 aromatic carbocycles. The predicted molar refractivity (Wildman–Crippen MR) is 119 cm³/mol. The zero-order valence-corrected chi connectivity index (χ0v) is 18.1. The van der Waals surface area contributed by atoms with Crippen LogP contribution in [0.25, 0.3) is 0 Å². The Hall–Kier alpha value is -2.71. The first kappa shape index (κ1) is 22.0. The molecule has 0 saturated carbocycles. The van der Waals surface area contributed by atoms with E-state index in [-0.39, 0.29) is 11.8 Å². The van der Waals surface area contributed by atoms with Gasteiger partial charge in [0.15, 0.2) is 0 Å². The topological polar surface area (TPSA) is 82.5 Å². The van der Waals surface area contributed by atoms with Gasteiger partial charge in [0.25, 0.3) is 0 Å². The van der Waals surface area contributed by atoms with E-state index in [4.69, 9.17) is 0 Å². The van der Waals surface area contributed by atoms with Crippen LogP contribution < -0.4 is 10.6 Å². The van der Waals surface area contributed by atoms with Crippen molar-refractivity contribution in [2.75, 3.05) is 49.9 Å². The highest BCUT2D eigenvalue weighted by atomic mass is 16.2. The number of anilines is 2. The highest BCUT2D eigenvalue weighted by Gasteiger charge is 2.19. The van der Waals surface area contributed by atoms with Gasteiger partial charge in [0.05, 0.1) is 6.54 Å². The van der Waals surface area contributed by atoms with Crippen LogP contribution in [0.5, 0.6) is 0 Å². The molecule has 1 saturated heterocycles. The molecule has 0 bridgehead atoms. The molecule has 0 unspecified atom stereocenters. The van der Waals surface area contributed by atoms with Gasteiger partial charge in [0, 0.05) is 75.9 Å². The second kappa shape index (κ2) is 10.4. The number of carbonyl (C=O) groups is 2. The lowest BCUT2D eigenvalue weighted by Gasteiger charge is -2.34. The molecule has 2 amide bonds. The standard InChI is InChI=1S/C22H32N6O2/c1-17(2)22-23-7-8-28(22)14-13-26-9-11-27(12-10-26)16-21(30)25-20-6-4-5-19(15-20)24-18(3)29/h4-8,15,17H,9-14,16H2,1-3H3,(H,24,29)(H,25,30). The van der Waals surface area contributed by atoms with Crippen LogP contribution >= 0.6 is 0 Å². The summed E-state index contributed by atoms with van der Waals surface area (Å²) in [7, 11) is 0. The average molecular weight is 413 g/mol. The highest BCUT2D eigenvalue weighted by Crippen LogP contribution is 2.15. The SMILES string of the molecule is CC(=O)Nc1cccc(NC(=O)CN2CCN(CCn3ccnc3C(C)C)CC2)c1. The largest absolute Gasteiger partial charge is 0.333 e. The number of aromatic nitrogens is 2. The summed E-state index contributed by atoms with van der Waals surface area (Å²) in [6.45, 7) is 11.8. The summed E-state index contributed by atoms with van der Waals surface area (Å²) in [5, 5.41) is 5.64. The molecule has 8 nitrogen and oxygen atoms in total. The minimum absolute atomic E-state index is 0.0385. The zero-order chi connectivity index (χ0) is 21.5. The number of piperazine rings is 1. The van der Waals surface area contributed by atoms with Crippen LogP contribution in [-0.4, -0.2) is 70.4 Å². The number of nitrogens with one attached hydrogen (secondary N) is 2. The van der Waals surface area contributed by atoms with E-state index >= 15 is 0 Å². The Morgan fingerprint density at radius 2 is 1.70 bits per heavy atom. The van der Waals surface area contributed by atoms with E-state index < -0.39 is 0 Å². The molecule has 2 N–H and O–H groups in total. The summed E-state index contributed by atoms with van der Waals surface area (Å²) in [6.07, 6.45) is 3.93. The fourth-order valence-electron chi connectivity index (χ4n) is 3.71. The van der Waals surface area contributed by atoms with Gasteiger partial charge < -0.3 is 15.2 Å². The van der Waals surface area contributed by atoms with Crippen molar-refractivity contribution in [2.24, 2.45) is 0 Å². The lowest BCUT2D eigenvalue weighted by molar-refractivity contribution is -0.117. The number of nitrogens with zero attached hydrogens (tertiary/aromatic N) is 4. The summed E-state index contributed by atoms with van der Waals surface area (Å²) in [5.41, 5.74) is 1.36. The Morgan fingerprint density at radius 1 is 1.03 bits per heavy atom. The smallest absolute Gasteiger partial charge is 0.238 e. The Kier molecular flexibility index (Phi) is 7.59. The van der Waals surface area contributed by atoms with Crippen molar-refractivity contribution in [2.45, 2.75) is 33.2 Å². The Labute approximate surface area is 178 Å². The first-order valence-electron chi connectivity index (χ1n) is 10.5. The zero-order valence-electron chi connectivity index (χ0n) is 18.1. The summed E-state index contributed by atoms with van der Waals surface area (Å²) in [4.78, 5) is 32.7. The fraction of sp³-hybridized carbons (Fsp3) is 0.500. The molecule has 8 heteroatoms. The number of imidazole rings is 1. The van der Waals surface area contributed by atoms with Crippen LogP contribution in [0, 0.1) is 0 Å². The van der Waals surface area contributed by atoms with Crippen molar-refractivity contribution in [1.82, 2.24) is 19.4 Å². The Balaban J connectivity index is 1.40. The van der Waals surface area contributed by atoms with Crippen LogP contribution in [0.4, 0.5) is 11.4 Å². The maximum absolute atomic E-state index is 12.4. The molecule has 3 rings (SSSR count). The monoisotopic (exact) mass is 412 g/mol. The van der Waals surface area contributed by atoms with E-state index in [1.807, 2.05) is 18.3 Å². The number of amides is 2. The molecule has 1 fully saturated rings. The summed E-state index contributed by atoms with van der Waals surface area (Å²) < 4.78 is 2.24. The molecule has 0 aliphatic carbocycles. The quantitative estimate of drug-likeness (QED) is 0.695. The van der Waals surface area contributed by atoms with Crippen molar-refractivity contribution < 1.29 is 9.59 Å². The van der Waals surface area contributed by atoms with Crippen molar-refractivity contribution >= 4 is 23.2 Å². The predicted octanol–water partition coefficient (Wildman–Crippen LogP) is 2.22. The molecular formula is C22H32N6O2. The van der Waals surface area contributed by atoms with E-state index in [1.165, 1.54) is 6.92 Å². The average Bonchev–Trinajstić information content (AvgIpc) is 3.16. The van der Waals surface area contributed by atoms with E-state index in [0.717, 1.165) is 45.1 Å². The molecule has 1 aliphatic heterocycles. The first-order valence-corrected chi connectivity index (χ1v) is 10.5. The van der Waals surface area contributed by atoms with Gasteiger partial charge >= 0.3 is 0 Å². The van der Waals surface area contributed by atoms with E-state index in [0.29, 0.717) is 23.8 Å². The van der Waals surface area contributed by atoms with Crippen LogP contribution in [0.2, 0.25) is 0 Å². The lowest BCUT2D eigenvalue weighted by atomic mass is 10.2. The molecule has 0 radical (unpaired) electrons.